The Labute approximate surface area is 148 Å². The Morgan fingerprint density at radius 2 is 1.33 bits per heavy atom. The van der Waals surface area contributed by atoms with Crippen LogP contribution in [-0.2, 0) is 14.3 Å². The summed E-state index contributed by atoms with van der Waals surface area (Å²) in [5.74, 6) is 0.540. The molecule has 138 valence electrons. The molecule has 1 aromatic carbocycles. The normalized spacial score (nSPS) is 12.0. The van der Waals surface area contributed by atoms with Gasteiger partial charge in [-0.25, -0.2) is 0 Å². The van der Waals surface area contributed by atoms with E-state index in [4.69, 9.17) is 0 Å². The summed E-state index contributed by atoms with van der Waals surface area (Å²) in [5, 5.41) is 0. The fourth-order valence-corrected chi connectivity index (χ4v) is 3.78. The van der Waals surface area contributed by atoms with Gasteiger partial charge in [-0.15, -0.1) is 0 Å². The number of rotatable bonds is 13. The Hall–Kier alpha value is -0.870. The molecular formula is C20H34O3S. The second kappa shape index (κ2) is 11.6. The number of benzene rings is 1. The van der Waals surface area contributed by atoms with Crippen molar-refractivity contribution in [1.29, 1.82) is 0 Å². The van der Waals surface area contributed by atoms with Gasteiger partial charge in [-0.3, -0.25) is 4.18 Å². The third-order valence-corrected chi connectivity index (χ3v) is 5.96. The molecule has 0 spiro atoms. The van der Waals surface area contributed by atoms with E-state index in [0.717, 1.165) is 0 Å². The molecule has 0 N–H and O–H groups in total. The lowest BCUT2D eigenvalue weighted by atomic mass is 9.88. The summed E-state index contributed by atoms with van der Waals surface area (Å²) in [6, 6.07) is 7.30. The van der Waals surface area contributed by atoms with Crippen LogP contribution in [0, 0.1) is 0 Å². The standard InChI is InChI=1S/C20H34O3S/c1-4-6-8-10-12-18(13-11-9-7-5-2)19-14-16-20(17-15-19)24(21,22)23-3/h14-18H,4-13H2,1-3H3. The Kier molecular flexibility index (Phi) is 10.3. The summed E-state index contributed by atoms with van der Waals surface area (Å²) in [6.45, 7) is 4.47. The number of hydrogen-bond acceptors (Lipinski definition) is 3. The molecule has 1 rings (SSSR count). The first-order valence-electron chi connectivity index (χ1n) is 9.45. The van der Waals surface area contributed by atoms with E-state index in [1.165, 1.54) is 76.9 Å². The maximum absolute atomic E-state index is 11.7. The van der Waals surface area contributed by atoms with Gasteiger partial charge in [-0.05, 0) is 36.5 Å². The zero-order valence-electron chi connectivity index (χ0n) is 15.6. The van der Waals surface area contributed by atoms with Gasteiger partial charge in [0.15, 0.2) is 0 Å². The van der Waals surface area contributed by atoms with E-state index >= 15 is 0 Å². The van der Waals surface area contributed by atoms with Crippen LogP contribution >= 0.6 is 0 Å². The molecule has 0 aromatic heterocycles. The van der Waals surface area contributed by atoms with Crippen LogP contribution in [0.4, 0.5) is 0 Å². The first-order chi connectivity index (χ1) is 11.5. The molecule has 0 fully saturated rings. The predicted molar refractivity (Wildman–Crippen MR) is 101 cm³/mol. The van der Waals surface area contributed by atoms with Crippen LogP contribution in [-0.4, -0.2) is 15.5 Å². The first kappa shape index (κ1) is 21.2. The molecule has 0 bridgehead atoms. The molecule has 3 nitrogen and oxygen atoms in total. The highest BCUT2D eigenvalue weighted by Crippen LogP contribution is 2.29. The Balaban J connectivity index is 2.72. The van der Waals surface area contributed by atoms with Crippen LogP contribution in [0.1, 0.15) is 89.5 Å². The topological polar surface area (TPSA) is 43.4 Å². The fraction of sp³-hybridized carbons (Fsp3) is 0.700. The van der Waals surface area contributed by atoms with Crippen molar-refractivity contribution in [2.45, 2.75) is 88.9 Å². The molecule has 24 heavy (non-hydrogen) atoms. The number of unbranched alkanes of at least 4 members (excludes halogenated alkanes) is 6. The van der Waals surface area contributed by atoms with Gasteiger partial charge in [-0.2, -0.15) is 8.42 Å². The zero-order valence-corrected chi connectivity index (χ0v) is 16.4. The largest absolute Gasteiger partial charge is 0.296 e. The molecule has 0 atom stereocenters. The minimum Gasteiger partial charge on any atom is -0.270 e. The van der Waals surface area contributed by atoms with Gasteiger partial charge in [0.25, 0.3) is 10.1 Å². The first-order valence-corrected chi connectivity index (χ1v) is 10.9. The molecule has 0 aliphatic carbocycles. The average molecular weight is 355 g/mol. The van der Waals surface area contributed by atoms with Crippen molar-refractivity contribution in [2.75, 3.05) is 7.11 Å². The van der Waals surface area contributed by atoms with Crippen molar-refractivity contribution in [2.24, 2.45) is 0 Å². The summed E-state index contributed by atoms with van der Waals surface area (Å²) in [5.41, 5.74) is 1.26. The predicted octanol–water partition coefficient (Wildman–Crippen LogP) is 6.05. The number of hydrogen-bond donors (Lipinski definition) is 0. The summed E-state index contributed by atoms with van der Waals surface area (Å²) in [4.78, 5) is 0.240. The van der Waals surface area contributed by atoms with Crippen molar-refractivity contribution < 1.29 is 12.6 Å². The molecule has 0 amide bonds. The van der Waals surface area contributed by atoms with Crippen LogP contribution < -0.4 is 0 Å². The van der Waals surface area contributed by atoms with Gasteiger partial charge in [-0.1, -0.05) is 77.3 Å². The quantitative estimate of drug-likeness (QED) is 0.320. The van der Waals surface area contributed by atoms with Crippen LogP contribution in [0.2, 0.25) is 0 Å². The summed E-state index contributed by atoms with van der Waals surface area (Å²) in [6.07, 6.45) is 12.6. The average Bonchev–Trinajstić information content (AvgIpc) is 2.60. The van der Waals surface area contributed by atoms with E-state index in [9.17, 15) is 8.42 Å². The molecule has 0 aliphatic rings. The van der Waals surface area contributed by atoms with E-state index in [0.29, 0.717) is 5.92 Å². The lowest BCUT2D eigenvalue weighted by Gasteiger charge is -2.18. The molecule has 4 heteroatoms. The van der Waals surface area contributed by atoms with Crippen LogP contribution in [0.25, 0.3) is 0 Å². The maximum atomic E-state index is 11.7. The van der Waals surface area contributed by atoms with Gasteiger partial charge in [0, 0.05) is 0 Å². The molecule has 0 saturated heterocycles. The van der Waals surface area contributed by atoms with Crippen molar-refractivity contribution in [3.05, 3.63) is 29.8 Å². The highest BCUT2D eigenvalue weighted by atomic mass is 32.2. The zero-order chi connectivity index (χ0) is 17.8. The molecule has 0 saturated carbocycles. The monoisotopic (exact) mass is 354 g/mol. The van der Waals surface area contributed by atoms with Crippen LogP contribution in [0.3, 0.4) is 0 Å². The van der Waals surface area contributed by atoms with Crippen LogP contribution in [0.15, 0.2) is 29.2 Å². The summed E-state index contributed by atoms with van der Waals surface area (Å²) >= 11 is 0. The minimum absolute atomic E-state index is 0.240. The van der Waals surface area contributed by atoms with Gasteiger partial charge in [0.1, 0.15) is 0 Å². The molecule has 0 unspecified atom stereocenters. The van der Waals surface area contributed by atoms with Gasteiger partial charge >= 0.3 is 0 Å². The molecular weight excluding hydrogens is 320 g/mol. The third kappa shape index (κ3) is 7.35. The van der Waals surface area contributed by atoms with E-state index < -0.39 is 10.1 Å². The second-order valence-electron chi connectivity index (χ2n) is 6.59. The Morgan fingerprint density at radius 1 is 0.833 bits per heavy atom. The van der Waals surface area contributed by atoms with Crippen molar-refractivity contribution >= 4 is 10.1 Å². The van der Waals surface area contributed by atoms with E-state index in [1.807, 2.05) is 12.1 Å². The van der Waals surface area contributed by atoms with Crippen molar-refractivity contribution in [3.8, 4) is 0 Å². The third-order valence-electron chi connectivity index (χ3n) is 4.67. The molecule has 1 aromatic rings. The SMILES string of the molecule is CCCCCCC(CCCCCC)c1ccc(S(=O)(=O)OC)cc1. The fourth-order valence-electron chi connectivity index (χ4n) is 3.12. The van der Waals surface area contributed by atoms with Gasteiger partial charge in [0.05, 0.1) is 12.0 Å². The van der Waals surface area contributed by atoms with E-state index in [1.54, 1.807) is 12.1 Å². The second-order valence-corrected chi connectivity index (χ2v) is 8.30. The molecule has 0 heterocycles. The summed E-state index contributed by atoms with van der Waals surface area (Å²) in [7, 11) is -2.39. The smallest absolute Gasteiger partial charge is 0.270 e. The Morgan fingerprint density at radius 3 is 1.75 bits per heavy atom. The molecule has 0 aliphatic heterocycles. The minimum atomic E-state index is -3.59. The van der Waals surface area contributed by atoms with Gasteiger partial charge < -0.3 is 0 Å². The summed E-state index contributed by atoms with van der Waals surface area (Å²) < 4.78 is 28.1. The lowest BCUT2D eigenvalue weighted by molar-refractivity contribution is 0.397. The van der Waals surface area contributed by atoms with E-state index in [-0.39, 0.29) is 4.90 Å². The Bertz CT molecular complexity index is 523. The molecule has 0 radical (unpaired) electrons. The van der Waals surface area contributed by atoms with Gasteiger partial charge in [0.2, 0.25) is 0 Å². The van der Waals surface area contributed by atoms with Crippen molar-refractivity contribution in [1.82, 2.24) is 0 Å². The van der Waals surface area contributed by atoms with Crippen molar-refractivity contribution in [3.63, 3.8) is 0 Å². The van der Waals surface area contributed by atoms with E-state index in [2.05, 4.69) is 18.0 Å². The highest BCUT2D eigenvalue weighted by Gasteiger charge is 2.15. The van der Waals surface area contributed by atoms with Crippen LogP contribution in [0.5, 0.6) is 0 Å². The highest BCUT2D eigenvalue weighted by molar-refractivity contribution is 7.86. The lowest BCUT2D eigenvalue weighted by Crippen LogP contribution is -2.04. The maximum Gasteiger partial charge on any atom is 0.296 e.